The number of aliphatic hydroxyl groups is 1. The quantitative estimate of drug-likeness (QED) is 0.736. The minimum Gasteiger partial charge on any atom is -0.392 e. The summed E-state index contributed by atoms with van der Waals surface area (Å²) in [6.07, 6.45) is 0.0304. The van der Waals surface area contributed by atoms with E-state index in [0.717, 1.165) is 5.56 Å². The largest absolute Gasteiger partial charge is 0.392 e. The molecule has 13 heavy (non-hydrogen) atoms. The third kappa shape index (κ3) is 3.13. The van der Waals surface area contributed by atoms with Gasteiger partial charge < -0.3 is 10.8 Å². The highest BCUT2D eigenvalue weighted by molar-refractivity contribution is 5.17. The van der Waals surface area contributed by atoms with E-state index in [4.69, 9.17) is 10.8 Å². The van der Waals surface area contributed by atoms with Gasteiger partial charge in [-0.05, 0) is 31.0 Å². The number of benzene rings is 1. The summed E-state index contributed by atoms with van der Waals surface area (Å²) < 4.78 is 12.5. The van der Waals surface area contributed by atoms with Crippen LogP contribution in [0.5, 0.6) is 0 Å². The number of hydrogen-bond acceptors (Lipinski definition) is 2. The van der Waals surface area contributed by atoms with Crippen molar-refractivity contribution in [1.82, 2.24) is 0 Å². The molecule has 1 rings (SSSR count). The Morgan fingerprint density at radius 3 is 2.38 bits per heavy atom. The lowest BCUT2D eigenvalue weighted by atomic mass is 10.0. The van der Waals surface area contributed by atoms with Crippen molar-refractivity contribution >= 4 is 0 Å². The first kappa shape index (κ1) is 10.2. The molecule has 0 heterocycles. The van der Waals surface area contributed by atoms with Crippen LogP contribution in [0.25, 0.3) is 0 Å². The lowest BCUT2D eigenvalue weighted by molar-refractivity contribution is 0.163. The fourth-order valence-electron chi connectivity index (χ4n) is 1.06. The number of halogens is 1. The number of hydrogen-bond donors (Lipinski definition) is 2. The monoisotopic (exact) mass is 183 g/mol. The van der Waals surface area contributed by atoms with Crippen LogP contribution >= 0.6 is 0 Å². The normalized spacial score (nSPS) is 15.4. The summed E-state index contributed by atoms with van der Waals surface area (Å²) in [5.74, 6) is -0.255. The molecule has 1 aromatic carbocycles. The van der Waals surface area contributed by atoms with E-state index >= 15 is 0 Å². The first-order valence-corrected chi connectivity index (χ1v) is 4.27. The van der Waals surface area contributed by atoms with Crippen LogP contribution in [0.2, 0.25) is 0 Å². The van der Waals surface area contributed by atoms with Crippen molar-refractivity contribution in [2.24, 2.45) is 5.73 Å². The molecule has 0 radical (unpaired) electrons. The summed E-state index contributed by atoms with van der Waals surface area (Å²) in [5, 5.41) is 9.14. The average Bonchev–Trinajstić information content (AvgIpc) is 2.08. The molecule has 0 bridgehead atoms. The maximum atomic E-state index is 12.5. The van der Waals surface area contributed by atoms with Crippen LogP contribution in [0.3, 0.4) is 0 Å². The maximum Gasteiger partial charge on any atom is 0.123 e. The zero-order valence-electron chi connectivity index (χ0n) is 7.57. The molecule has 0 aliphatic carbocycles. The summed E-state index contributed by atoms with van der Waals surface area (Å²) in [5.41, 5.74) is 6.58. The van der Waals surface area contributed by atoms with Crippen molar-refractivity contribution in [3.63, 3.8) is 0 Å². The Bertz CT molecular complexity index is 258. The van der Waals surface area contributed by atoms with Gasteiger partial charge in [0.25, 0.3) is 0 Å². The van der Waals surface area contributed by atoms with Crippen molar-refractivity contribution in [1.29, 1.82) is 0 Å². The molecule has 0 spiro atoms. The summed E-state index contributed by atoms with van der Waals surface area (Å²) in [6, 6.07) is 5.86. The van der Waals surface area contributed by atoms with E-state index in [1.165, 1.54) is 12.1 Å². The van der Waals surface area contributed by atoms with Crippen molar-refractivity contribution in [3.8, 4) is 0 Å². The number of rotatable bonds is 3. The highest BCUT2D eigenvalue weighted by Gasteiger charge is 2.09. The van der Waals surface area contributed by atoms with E-state index in [1.54, 1.807) is 19.1 Å². The van der Waals surface area contributed by atoms with Crippen molar-refractivity contribution in [2.45, 2.75) is 25.5 Å². The standard InChI is InChI=1S/C10H14FNO/c1-7(13)10(12)6-8-2-4-9(11)5-3-8/h2-5,7,10,13H,6,12H2,1H3. The first-order chi connectivity index (χ1) is 6.09. The smallest absolute Gasteiger partial charge is 0.123 e. The molecule has 0 saturated heterocycles. The molecule has 72 valence electrons. The molecular weight excluding hydrogens is 169 g/mol. The molecule has 0 fully saturated rings. The van der Waals surface area contributed by atoms with Gasteiger partial charge >= 0.3 is 0 Å². The Kier molecular flexibility index (Phi) is 3.39. The average molecular weight is 183 g/mol. The zero-order valence-corrected chi connectivity index (χ0v) is 7.57. The molecule has 0 saturated carbocycles. The molecule has 0 amide bonds. The third-order valence-corrected chi connectivity index (χ3v) is 2.00. The summed E-state index contributed by atoms with van der Waals surface area (Å²) in [6.45, 7) is 1.65. The first-order valence-electron chi connectivity index (χ1n) is 4.27. The molecule has 0 aromatic heterocycles. The Labute approximate surface area is 77.2 Å². The van der Waals surface area contributed by atoms with E-state index < -0.39 is 6.10 Å². The van der Waals surface area contributed by atoms with E-state index in [9.17, 15) is 4.39 Å². The van der Waals surface area contributed by atoms with Crippen molar-refractivity contribution in [3.05, 3.63) is 35.6 Å². The molecular formula is C10H14FNO. The second-order valence-electron chi connectivity index (χ2n) is 3.24. The summed E-state index contributed by atoms with van der Waals surface area (Å²) >= 11 is 0. The van der Waals surface area contributed by atoms with Gasteiger partial charge in [-0.2, -0.15) is 0 Å². The lowest BCUT2D eigenvalue weighted by Crippen LogP contribution is -2.34. The van der Waals surface area contributed by atoms with E-state index in [2.05, 4.69) is 0 Å². The van der Waals surface area contributed by atoms with Crippen LogP contribution in [0, 0.1) is 5.82 Å². The van der Waals surface area contributed by atoms with Crippen LogP contribution in [0.1, 0.15) is 12.5 Å². The lowest BCUT2D eigenvalue weighted by Gasteiger charge is -2.14. The van der Waals surface area contributed by atoms with Gasteiger partial charge in [0.1, 0.15) is 5.82 Å². The molecule has 3 heteroatoms. The fraction of sp³-hybridized carbons (Fsp3) is 0.400. The summed E-state index contributed by atoms with van der Waals surface area (Å²) in [7, 11) is 0. The highest BCUT2D eigenvalue weighted by Crippen LogP contribution is 2.06. The highest BCUT2D eigenvalue weighted by atomic mass is 19.1. The maximum absolute atomic E-state index is 12.5. The van der Waals surface area contributed by atoms with Gasteiger partial charge in [-0.1, -0.05) is 12.1 Å². The SMILES string of the molecule is CC(O)C(N)Cc1ccc(F)cc1. The molecule has 2 nitrogen and oxygen atoms in total. The van der Waals surface area contributed by atoms with Gasteiger partial charge in [-0.15, -0.1) is 0 Å². The van der Waals surface area contributed by atoms with Crippen LogP contribution in [0.15, 0.2) is 24.3 Å². The number of aliphatic hydroxyl groups excluding tert-OH is 1. The molecule has 1 aromatic rings. The Morgan fingerprint density at radius 2 is 1.92 bits per heavy atom. The number of nitrogens with two attached hydrogens (primary N) is 1. The van der Waals surface area contributed by atoms with Crippen LogP contribution in [0.4, 0.5) is 4.39 Å². The van der Waals surface area contributed by atoms with Gasteiger partial charge in [-0.3, -0.25) is 0 Å². The molecule has 3 N–H and O–H groups in total. The molecule has 2 unspecified atom stereocenters. The molecule has 0 aliphatic rings. The van der Waals surface area contributed by atoms with Crippen LogP contribution in [-0.4, -0.2) is 17.3 Å². The Morgan fingerprint density at radius 1 is 1.38 bits per heavy atom. The second-order valence-corrected chi connectivity index (χ2v) is 3.24. The van der Waals surface area contributed by atoms with Gasteiger partial charge in [0, 0.05) is 6.04 Å². The van der Waals surface area contributed by atoms with Crippen LogP contribution < -0.4 is 5.73 Å². The van der Waals surface area contributed by atoms with Crippen molar-refractivity contribution in [2.75, 3.05) is 0 Å². The van der Waals surface area contributed by atoms with Gasteiger partial charge in [0.2, 0.25) is 0 Å². The minimum atomic E-state index is -0.537. The Balaban J connectivity index is 2.59. The topological polar surface area (TPSA) is 46.2 Å². The predicted molar refractivity (Wildman–Crippen MR) is 49.8 cm³/mol. The minimum absolute atomic E-state index is 0.255. The summed E-state index contributed by atoms with van der Waals surface area (Å²) in [4.78, 5) is 0. The molecule has 2 atom stereocenters. The molecule has 0 aliphatic heterocycles. The van der Waals surface area contributed by atoms with Crippen molar-refractivity contribution < 1.29 is 9.50 Å². The van der Waals surface area contributed by atoms with E-state index in [0.29, 0.717) is 6.42 Å². The Hall–Kier alpha value is -0.930. The second kappa shape index (κ2) is 4.35. The van der Waals surface area contributed by atoms with Gasteiger partial charge in [0.05, 0.1) is 6.10 Å². The van der Waals surface area contributed by atoms with E-state index in [1.807, 2.05) is 0 Å². The van der Waals surface area contributed by atoms with Crippen LogP contribution in [-0.2, 0) is 6.42 Å². The van der Waals surface area contributed by atoms with E-state index in [-0.39, 0.29) is 11.9 Å². The zero-order chi connectivity index (χ0) is 9.84. The van der Waals surface area contributed by atoms with Gasteiger partial charge in [-0.25, -0.2) is 4.39 Å². The van der Waals surface area contributed by atoms with Gasteiger partial charge in [0.15, 0.2) is 0 Å². The third-order valence-electron chi connectivity index (χ3n) is 2.00. The predicted octanol–water partition coefficient (Wildman–Crippen LogP) is 1.08. The fourth-order valence-corrected chi connectivity index (χ4v) is 1.06.